The van der Waals surface area contributed by atoms with Crippen LogP contribution in [0.2, 0.25) is 0 Å². The molecule has 0 bridgehead atoms. The van der Waals surface area contributed by atoms with Crippen LogP contribution in [0.3, 0.4) is 0 Å². The number of quaternary nitrogens is 1. The van der Waals surface area contributed by atoms with Crippen molar-refractivity contribution in [3.05, 3.63) is 5.21 Å². The molecule has 0 spiro atoms. The zero-order chi connectivity index (χ0) is 6.78. The van der Waals surface area contributed by atoms with Crippen molar-refractivity contribution in [2.75, 3.05) is 6.54 Å². The van der Waals surface area contributed by atoms with Crippen molar-refractivity contribution in [1.82, 2.24) is 0 Å². The summed E-state index contributed by atoms with van der Waals surface area (Å²) < 4.78 is 0. The molecular formula is C6H15NO. The van der Waals surface area contributed by atoms with Crippen molar-refractivity contribution >= 4 is 0 Å². The van der Waals surface area contributed by atoms with Gasteiger partial charge in [0.25, 0.3) is 0 Å². The van der Waals surface area contributed by atoms with Crippen LogP contribution in [0.1, 0.15) is 27.7 Å². The van der Waals surface area contributed by atoms with Crippen LogP contribution < -0.4 is 5.06 Å². The summed E-state index contributed by atoms with van der Waals surface area (Å²) in [5.74, 6) is 0. The van der Waals surface area contributed by atoms with Crippen molar-refractivity contribution in [3.8, 4) is 0 Å². The third kappa shape index (κ3) is 2.28. The van der Waals surface area contributed by atoms with E-state index in [9.17, 15) is 5.21 Å². The Hall–Kier alpha value is -0.0800. The van der Waals surface area contributed by atoms with Crippen molar-refractivity contribution in [3.63, 3.8) is 0 Å². The Labute approximate surface area is 51.1 Å². The molecule has 0 aromatic carbocycles. The van der Waals surface area contributed by atoms with Crippen LogP contribution in [0.25, 0.3) is 0 Å². The molecule has 0 rings (SSSR count). The first-order valence-electron chi connectivity index (χ1n) is 3.01. The van der Waals surface area contributed by atoms with Crippen LogP contribution in [-0.4, -0.2) is 12.1 Å². The van der Waals surface area contributed by atoms with Gasteiger partial charge in [0, 0.05) is 0 Å². The molecule has 0 aromatic rings. The lowest BCUT2D eigenvalue weighted by Crippen LogP contribution is -3.14. The fourth-order valence-electron chi connectivity index (χ4n) is 0.530. The maximum Gasteiger partial charge on any atom is 0.0888 e. The minimum Gasteiger partial charge on any atom is -0.634 e. The van der Waals surface area contributed by atoms with Gasteiger partial charge in [0.05, 0.1) is 12.1 Å². The van der Waals surface area contributed by atoms with Gasteiger partial charge in [-0.05, 0) is 27.7 Å². The molecule has 8 heavy (non-hydrogen) atoms. The fourth-order valence-corrected chi connectivity index (χ4v) is 0.530. The summed E-state index contributed by atoms with van der Waals surface area (Å²) in [7, 11) is 0. The highest BCUT2D eigenvalue weighted by molar-refractivity contribution is 4.55. The van der Waals surface area contributed by atoms with Crippen molar-refractivity contribution in [2.45, 2.75) is 33.2 Å². The molecule has 50 valence electrons. The van der Waals surface area contributed by atoms with Gasteiger partial charge in [0.2, 0.25) is 0 Å². The molecule has 1 N–H and O–H groups in total. The first-order valence-corrected chi connectivity index (χ1v) is 3.01. The van der Waals surface area contributed by atoms with Gasteiger partial charge in [-0.25, -0.2) is 0 Å². The van der Waals surface area contributed by atoms with Crippen LogP contribution in [-0.2, 0) is 0 Å². The lowest BCUT2D eigenvalue weighted by atomic mass is 10.1. The molecule has 0 aromatic heterocycles. The normalized spacial score (nSPS) is 16.1. The summed E-state index contributed by atoms with van der Waals surface area (Å²) >= 11 is 0. The summed E-state index contributed by atoms with van der Waals surface area (Å²) in [5.41, 5.74) is -0.130. The molecule has 0 saturated heterocycles. The molecule has 0 aliphatic heterocycles. The highest BCUT2D eigenvalue weighted by atomic mass is 16.5. The molecule has 2 heteroatoms. The number of nitrogens with one attached hydrogen (secondary N) is 1. The third-order valence-corrected chi connectivity index (χ3v) is 1.16. The van der Waals surface area contributed by atoms with Crippen molar-refractivity contribution < 1.29 is 5.06 Å². The Morgan fingerprint density at radius 2 is 1.75 bits per heavy atom. The molecule has 0 aliphatic rings. The predicted molar refractivity (Wildman–Crippen MR) is 34.6 cm³/mol. The van der Waals surface area contributed by atoms with Gasteiger partial charge < -0.3 is 10.3 Å². The quantitative estimate of drug-likeness (QED) is 0.488. The van der Waals surface area contributed by atoms with Gasteiger partial charge in [-0.1, -0.05) is 0 Å². The summed E-state index contributed by atoms with van der Waals surface area (Å²) in [6, 6.07) is 0. The molecule has 0 fully saturated rings. The van der Waals surface area contributed by atoms with Crippen molar-refractivity contribution in [1.29, 1.82) is 0 Å². The topological polar surface area (TPSA) is 27.5 Å². The van der Waals surface area contributed by atoms with E-state index in [0.717, 1.165) is 0 Å². The van der Waals surface area contributed by atoms with E-state index in [0.29, 0.717) is 11.6 Å². The Kier molecular flexibility index (Phi) is 2.44. The van der Waals surface area contributed by atoms with E-state index in [2.05, 4.69) is 0 Å². The second kappa shape index (κ2) is 2.46. The maximum absolute atomic E-state index is 10.8. The minimum atomic E-state index is -0.130. The van der Waals surface area contributed by atoms with Crippen LogP contribution in [0, 0.1) is 5.21 Å². The molecule has 0 saturated carbocycles. The molecule has 2 nitrogen and oxygen atoms in total. The van der Waals surface area contributed by atoms with E-state index in [-0.39, 0.29) is 5.54 Å². The van der Waals surface area contributed by atoms with Gasteiger partial charge in [0.1, 0.15) is 0 Å². The van der Waals surface area contributed by atoms with E-state index in [1.807, 2.05) is 27.7 Å². The molecule has 1 unspecified atom stereocenters. The Balaban J connectivity index is 3.62. The van der Waals surface area contributed by atoms with Crippen LogP contribution in [0.5, 0.6) is 0 Å². The van der Waals surface area contributed by atoms with E-state index in [1.165, 1.54) is 0 Å². The molecule has 0 radical (unpaired) electrons. The average Bonchev–Trinajstić information content (AvgIpc) is 1.62. The van der Waals surface area contributed by atoms with Crippen LogP contribution in [0.15, 0.2) is 0 Å². The predicted octanol–water partition coefficient (Wildman–Crippen LogP) is 0.188. The van der Waals surface area contributed by atoms with E-state index in [1.54, 1.807) is 0 Å². The van der Waals surface area contributed by atoms with Gasteiger partial charge in [-0.15, -0.1) is 0 Å². The summed E-state index contributed by atoms with van der Waals surface area (Å²) in [6.45, 7) is 8.38. The Morgan fingerprint density at radius 1 is 1.38 bits per heavy atom. The average molecular weight is 117 g/mol. The van der Waals surface area contributed by atoms with Gasteiger partial charge in [0.15, 0.2) is 0 Å². The third-order valence-electron chi connectivity index (χ3n) is 1.16. The smallest absolute Gasteiger partial charge is 0.0888 e. The van der Waals surface area contributed by atoms with Gasteiger partial charge in [-0.3, -0.25) is 0 Å². The van der Waals surface area contributed by atoms with Gasteiger partial charge in [-0.2, -0.15) is 0 Å². The molecular weight excluding hydrogens is 102 g/mol. The second-order valence-electron chi connectivity index (χ2n) is 3.03. The second-order valence-corrected chi connectivity index (χ2v) is 3.03. The lowest BCUT2D eigenvalue weighted by molar-refractivity contribution is -0.896. The Morgan fingerprint density at radius 3 is 1.75 bits per heavy atom. The van der Waals surface area contributed by atoms with Gasteiger partial charge >= 0.3 is 0 Å². The van der Waals surface area contributed by atoms with E-state index >= 15 is 0 Å². The highest BCUT2D eigenvalue weighted by Crippen LogP contribution is 1.89. The maximum atomic E-state index is 10.8. The monoisotopic (exact) mass is 117 g/mol. The number of hydroxylamine groups is 2. The largest absolute Gasteiger partial charge is 0.634 e. The minimum absolute atomic E-state index is 0.130. The van der Waals surface area contributed by atoms with E-state index < -0.39 is 0 Å². The van der Waals surface area contributed by atoms with Crippen LogP contribution in [0.4, 0.5) is 0 Å². The van der Waals surface area contributed by atoms with Crippen molar-refractivity contribution in [2.24, 2.45) is 0 Å². The first-order chi connectivity index (χ1) is 3.48. The zero-order valence-corrected chi connectivity index (χ0v) is 6.12. The standard InChI is InChI=1S/C6H15NO/c1-5-7(8)6(2,3)4/h7H,5H2,1-4H3. The molecule has 0 heterocycles. The fraction of sp³-hybridized carbons (Fsp3) is 1.00. The highest BCUT2D eigenvalue weighted by Gasteiger charge is 2.14. The number of rotatable bonds is 1. The molecule has 0 aliphatic carbocycles. The summed E-state index contributed by atoms with van der Waals surface area (Å²) in [5, 5.41) is 11.2. The van der Waals surface area contributed by atoms with E-state index in [4.69, 9.17) is 0 Å². The summed E-state index contributed by atoms with van der Waals surface area (Å²) in [6.07, 6.45) is 0. The Bertz CT molecular complexity index is 65.4. The summed E-state index contributed by atoms with van der Waals surface area (Å²) in [4.78, 5) is 0. The number of hydrogen-bond donors (Lipinski definition) is 1. The lowest BCUT2D eigenvalue weighted by Gasteiger charge is -2.34. The first kappa shape index (κ1) is 7.92. The van der Waals surface area contributed by atoms with Crippen LogP contribution >= 0.6 is 0 Å². The number of hydrogen-bond acceptors (Lipinski definition) is 1. The molecule has 0 amide bonds. The SMILES string of the molecule is CC[NH+]([O-])C(C)(C)C. The zero-order valence-electron chi connectivity index (χ0n) is 6.12. The molecule has 1 atom stereocenters.